The van der Waals surface area contributed by atoms with E-state index in [0.717, 1.165) is 70.6 Å². The van der Waals surface area contributed by atoms with Crippen LogP contribution in [-0.2, 0) is 25.7 Å². The highest BCUT2D eigenvalue weighted by Gasteiger charge is 2.20. The summed E-state index contributed by atoms with van der Waals surface area (Å²) in [7, 11) is 0. The Morgan fingerprint density at radius 3 is 1.34 bits per heavy atom. The lowest BCUT2D eigenvalue weighted by atomic mass is 9.83. The fourth-order valence-electron chi connectivity index (χ4n) is 10.7. The molecule has 2 nitrogen and oxygen atoms in total. The molecule has 8 rings (SSSR count). The summed E-state index contributed by atoms with van der Waals surface area (Å²) >= 11 is 0. The smallest absolute Gasteiger partial charge is 0.136 e. The zero-order valence-corrected chi connectivity index (χ0v) is 42.8. The highest BCUT2D eigenvalue weighted by Crippen LogP contribution is 2.44. The van der Waals surface area contributed by atoms with Gasteiger partial charge in [-0.15, -0.1) is 0 Å². The van der Waals surface area contributed by atoms with Crippen molar-refractivity contribution in [3.8, 4) is 34.1 Å². The SMILES string of the molecule is CCCCc1ccc(Oc2cc(-c3ccc4c(c3)c(CC(CC)CCCC)cc3c5ccc(C)cc5c(CC(CC)CCCC)cc43)cc3c(Oc4ccc(CCCC)cc4)cc(C)cc23)cc1. The van der Waals surface area contributed by atoms with E-state index in [1.807, 2.05) is 0 Å². The van der Waals surface area contributed by atoms with Crippen LogP contribution in [0.3, 0.4) is 0 Å². The molecule has 0 heterocycles. The van der Waals surface area contributed by atoms with Crippen molar-refractivity contribution < 1.29 is 9.47 Å². The van der Waals surface area contributed by atoms with E-state index in [1.165, 1.54) is 143 Å². The van der Waals surface area contributed by atoms with Crippen molar-refractivity contribution in [3.63, 3.8) is 0 Å². The average Bonchev–Trinajstić information content (AvgIpc) is 3.36. The lowest BCUT2D eigenvalue weighted by Crippen LogP contribution is -2.06. The fraction of sp³-hybridized carbons (Fsp3) is 0.394. The van der Waals surface area contributed by atoms with Crippen LogP contribution >= 0.6 is 0 Å². The number of unbranched alkanes of at least 4 members (excludes halogenated alkanes) is 4. The van der Waals surface area contributed by atoms with Crippen molar-refractivity contribution in [1.82, 2.24) is 0 Å². The highest BCUT2D eigenvalue weighted by molar-refractivity contribution is 6.19. The Balaban J connectivity index is 1.32. The maximum atomic E-state index is 6.97. The summed E-state index contributed by atoms with van der Waals surface area (Å²) in [5.74, 6) is 4.69. The molecule has 0 aliphatic heterocycles. The summed E-state index contributed by atoms with van der Waals surface area (Å²) in [5, 5.41) is 10.4. The number of benzene rings is 8. The van der Waals surface area contributed by atoms with Crippen LogP contribution in [0.2, 0.25) is 0 Å². The van der Waals surface area contributed by atoms with E-state index in [4.69, 9.17) is 9.47 Å². The molecule has 2 unspecified atom stereocenters. The van der Waals surface area contributed by atoms with Crippen molar-refractivity contribution >= 4 is 43.1 Å². The third-order valence-electron chi connectivity index (χ3n) is 14.9. The Bertz CT molecular complexity index is 2940. The standard InChI is InChI=1S/C66H78O2/c1-9-15-19-47(13-5)38-53-42-62-58-34-28-51(40-60(58)54(39-48(14-6)20-16-10-2)43-61(62)57-33-23-45(7)35-59(53)57)52-41-64-63(66(44-52)68-56-31-26-50(27-32-56)22-18-12-4)36-46(8)37-65(64)67-55-29-24-49(25-30-55)21-17-11-3/h23-37,40-44,47-48H,9-22,38-39H2,1-8H3. The molecule has 0 spiro atoms. The van der Waals surface area contributed by atoms with Crippen LogP contribution in [0, 0.1) is 25.7 Å². The zero-order chi connectivity index (χ0) is 47.6. The third-order valence-corrected chi connectivity index (χ3v) is 14.9. The Labute approximate surface area is 409 Å². The molecular weight excluding hydrogens is 825 g/mol. The molecule has 0 aliphatic rings. The maximum Gasteiger partial charge on any atom is 0.136 e. The Kier molecular flexibility index (Phi) is 16.6. The summed E-state index contributed by atoms with van der Waals surface area (Å²) in [4.78, 5) is 0. The average molecular weight is 903 g/mol. The van der Waals surface area contributed by atoms with Crippen LogP contribution in [-0.4, -0.2) is 0 Å². The molecular formula is C66H78O2. The first-order valence-corrected chi connectivity index (χ1v) is 26.8. The molecule has 0 radical (unpaired) electrons. The van der Waals surface area contributed by atoms with Crippen molar-refractivity contribution in [1.29, 1.82) is 0 Å². The Morgan fingerprint density at radius 2 is 0.824 bits per heavy atom. The lowest BCUT2D eigenvalue weighted by molar-refractivity contribution is 0.450. The molecule has 8 aromatic rings. The first-order valence-electron chi connectivity index (χ1n) is 26.8. The van der Waals surface area contributed by atoms with Gasteiger partial charge in [-0.2, -0.15) is 0 Å². The maximum absolute atomic E-state index is 6.97. The van der Waals surface area contributed by atoms with Crippen LogP contribution in [0.15, 0.2) is 121 Å². The molecule has 0 aliphatic carbocycles. The van der Waals surface area contributed by atoms with Crippen molar-refractivity contribution in [3.05, 3.63) is 155 Å². The Morgan fingerprint density at radius 1 is 0.368 bits per heavy atom. The molecule has 0 saturated heterocycles. The number of rotatable bonds is 23. The van der Waals surface area contributed by atoms with E-state index >= 15 is 0 Å². The highest BCUT2D eigenvalue weighted by atomic mass is 16.5. The molecule has 0 N–H and O–H groups in total. The number of aryl methyl sites for hydroxylation is 4. The molecule has 0 aromatic heterocycles. The predicted octanol–water partition coefficient (Wildman–Crippen LogP) is 20.4. The van der Waals surface area contributed by atoms with Gasteiger partial charge in [0.1, 0.15) is 23.0 Å². The topological polar surface area (TPSA) is 18.5 Å². The van der Waals surface area contributed by atoms with E-state index in [-0.39, 0.29) is 0 Å². The van der Waals surface area contributed by atoms with Gasteiger partial charge in [-0.3, -0.25) is 0 Å². The van der Waals surface area contributed by atoms with Gasteiger partial charge in [0.25, 0.3) is 0 Å². The van der Waals surface area contributed by atoms with Crippen LogP contribution in [0.1, 0.15) is 152 Å². The van der Waals surface area contributed by atoms with Gasteiger partial charge in [-0.25, -0.2) is 0 Å². The largest absolute Gasteiger partial charge is 0.457 e. The summed E-state index contributed by atoms with van der Waals surface area (Å²) in [5.41, 5.74) is 10.4. The second-order valence-corrected chi connectivity index (χ2v) is 20.2. The van der Waals surface area contributed by atoms with E-state index in [0.29, 0.717) is 11.8 Å². The third kappa shape index (κ3) is 11.5. The zero-order valence-electron chi connectivity index (χ0n) is 42.8. The lowest BCUT2D eigenvalue weighted by Gasteiger charge is -2.21. The van der Waals surface area contributed by atoms with Gasteiger partial charge < -0.3 is 9.47 Å². The van der Waals surface area contributed by atoms with E-state index in [2.05, 4.69) is 177 Å². The number of hydrogen-bond donors (Lipinski definition) is 0. The molecule has 2 heteroatoms. The fourth-order valence-corrected chi connectivity index (χ4v) is 10.7. The summed E-state index contributed by atoms with van der Waals surface area (Å²) in [6, 6.07) is 46.2. The minimum atomic E-state index is 0.633. The normalized spacial score (nSPS) is 12.6. The molecule has 68 heavy (non-hydrogen) atoms. The molecule has 8 aromatic carbocycles. The molecule has 2 atom stereocenters. The molecule has 0 saturated carbocycles. The minimum Gasteiger partial charge on any atom is -0.457 e. The van der Waals surface area contributed by atoms with Crippen molar-refractivity contribution in [2.45, 2.75) is 158 Å². The van der Waals surface area contributed by atoms with Gasteiger partial charge in [0.05, 0.1) is 0 Å². The molecule has 0 fully saturated rings. The molecule has 0 bridgehead atoms. The minimum absolute atomic E-state index is 0.633. The van der Waals surface area contributed by atoms with Crippen LogP contribution in [0.25, 0.3) is 54.2 Å². The van der Waals surface area contributed by atoms with Crippen LogP contribution in [0.5, 0.6) is 23.0 Å². The second kappa shape index (κ2) is 23.1. The Hall–Kier alpha value is -5.60. The first kappa shape index (κ1) is 48.8. The predicted molar refractivity (Wildman–Crippen MR) is 296 cm³/mol. The summed E-state index contributed by atoms with van der Waals surface area (Å²) in [6.45, 7) is 18.3. The number of fused-ring (bicyclic) bond motifs is 6. The van der Waals surface area contributed by atoms with Gasteiger partial charge in [-0.1, -0.05) is 166 Å². The first-order chi connectivity index (χ1) is 33.2. The number of ether oxygens (including phenoxy) is 2. The molecule has 0 amide bonds. The van der Waals surface area contributed by atoms with Gasteiger partial charge in [0.15, 0.2) is 0 Å². The van der Waals surface area contributed by atoms with Gasteiger partial charge in [0, 0.05) is 10.8 Å². The van der Waals surface area contributed by atoms with Crippen LogP contribution < -0.4 is 9.47 Å². The van der Waals surface area contributed by atoms with E-state index in [9.17, 15) is 0 Å². The number of hydrogen-bond acceptors (Lipinski definition) is 2. The van der Waals surface area contributed by atoms with E-state index < -0.39 is 0 Å². The van der Waals surface area contributed by atoms with Crippen LogP contribution in [0.4, 0.5) is 0 Å². The summed E-state index contributed by atoms with van der Waals surface area (Å²) in [6.07, 6.45) is 19.1. The van der Waals surface area contributed by atoms with Gasteiger partial charge in [0.2, 0.25) is 0 Å². The quantitative estimate of drug-likeness (QED) is 0.0596. The van der Waals surface area contributed by atoms with Crippen molar-refractivity contribution in [2.75, 3.05) is 0 Å². The second-order valence-electron chi connectivity index (χ2n) is 20.2. The van der Waals surface area contributed by atoms with Crippen molar-refractivity contribution in [2.24, 2.45) is 11.8 Å². The van der Waals surface area contributed by atoms with Gasteiger partial charge >= 0.3 is 0 Å². The summed E-state index contributed by atoms with van der Waals surface area (Å²) < 4.78 is 13.8. The van der Waals surface area contributed by atoms with Gasteiger partial charge in [-0.05, 0) is 202 Å². The van der Waals surface area contributed by atoms with E-state index in [1.54, 1.807) is 0 Å². The molecule has 354 valence electrons. The monoisotopic (exact) mass is 903 g/mol.